The molecule has 6 rings (SSSR count). The van der Waals surface area contributed by atoms with Crippen molar-refractivity contribution in [1.29, 1.82) is 0 Å². The quantitative estimate of drug-likeness (QED) is 0.307. The second-order valence-corrected chi connectivity index (χ2v) is 9.54. The molecule has 4 heterocycles. The summed E-state index contributed by atoms with van der Waals surface area (Å²) in [6.07, 6.45) is 1.17. The molecule has 9 heteroatoms. The van der Waals surface area contributed by atoms with Crippen LogP contribution >= 0.6 is 0 Å². The van der Waals surface area contributed by atoms with Crippen LogP contribution in [0.4, 0.5) is 10.2 Å². The number of nitrogen functional groups attached to an aromatic ring is 1. The summed E-state index contributed by atoms with van der Waals surface area (Å²) >= 11 is 0. The van der Waals surface area contributed by atoms with Crippen LogP contribution in [-0.4, -0.2) is 49.6 Å². The summed E-state index contributed by atoms with van der Waals surface area (Å²) < 4.78 is 13.2. The van der Waals surface area contributed by atoms with Gasteiger partial charge in [0.05, 0.1) is 0 Å². The van der Waals surface area contributed by atoms with Crippen LogP contribution in [0.1, 0.15) is 39.4 Å². The number of aromatic nitrogens is 4. The van der Waals surface area contributed by atoms with E-state index < -0.39 is 0 Å². The molecular weight excluding hydrogens is 471 g/mol. The van der Waals surface area contributed by atoms with Gasteiger partial charge in [-0.25, -0.2) is 14.4 Å². The number of benzene rings is 2. The molecule has 37 heavy (non-hydrogen) atoms. The van der Waals surface area contributed by atoms with Gasteiger partial charge < -0.3 is 20.6 Å². The van der Waals surface area contributed by atoms with Gasteiger partial charge in [-0.2, -0.15) is 0 Å². The Balaban J connectivity index is 1.20. The number of likely N-dealkylation sites (tertiary alicyclic amines) is 1. The number of carbonyl (C=O) groups excluding carboxylic acids is 2. The summed E-state index contributed by atoms with van der Waals surface area (Å²) in [5, 5.41) is 0.964. The Morgan fingerprint density at radius 2 is 1.70 bits per heavy atom. The van der Waals surface area contributed by atoms with Crippen LogP contribution in [0, 0.1) is 18.7 Å². The number of pyridine rings is 1. The van der Waals surface area contributed by atoms with Crippen molar-refractivity contribution in [3.05, 3.63) is 77.4 Å². The van der Waals surface area contributed by atoms with Gasteiger partial charge in [0.25, 0.3) is 5.91 Å². The van der Waals surface area contributed by atoms with Crippen molar-refractivity contribution < 1.29 is 14.0 Å². The number of hydrogen-bond donors (Lipinski definition) is 3. The van der Waals surface area contributed by atoms with Crippen LogP contribution < -0.4 is 5.73 Å². The molecule has 1 aliphatic heterocycles. The number of aryl methyl sites for hydroxylation is 1. The Hall–Kier alpha value is -4.53. The molecule has 0 bridgehead atoms. The Labute approximate surface area is 211 Å². The highest BCUT2D eigenvalue weighted by Gasteiger charge is 2.28. The number of carbonyl (C=O) groups is 2. The highest BCUT2D eigenvalue weighted by molar-refractivity contribution is 6.01. The van der Waals surface area contributed by atoms with Crippen LogP contribution in [0.25, 0.3) is 33.3 Å². The Kier molecular flexibility index (Phi) is 5.48. The van der Waals surface area contributed by atoms with E-state index in [2.05, 4.69) is 19.9 Å². The second kappa shape index (κ2) is 8.85. The van der Waals surface area contributed by atoms with Gasteiger partial charge in [0, 0.05) is 52.3 Å². The van der Waals surface area contributed by atoms with E-state index >= 15 is 0 Å². The molecule has 5 aromatic rings. The minimum absolute atomic E-state index is 0.00500. The lowest BCUT2D eigenvalue weighted by Gasteiger charge is -2.31. The highest BCUT2D eigenvalue weighted by Crippen LogP contribution is 2.31. The zero-order chi connectivity index (χ0) is 25.7. The molecule has 1 amide bonds. The van der Waals surface area contributed by atoms with Crippen LogP contribution in [0.2, 0.25) is 0 Å². The number of nitrogens with one attached hydrogen (secondary N) is 2. The number of amides is 1. The number of nitrogens with zero attached hydrogens (tertiary/aromatic N) is 3. The number of piperidine rings is 1. The molecule has 0 unspecified atom stereocenters. The van der Waals surface area contributed by atoms with Crippen LogP contribution in [0.5, 0.6) is 0 Å². The van der Waals surface area contributed by atoms with E-state index in [0.717, 1.165) is 33.5 Å². The molecule has 3 aromatic heterocycles. The molecule has 0 radical (unpaired) electrons. The largest absolute Gasteiger partial charge is 0.384 e. The van der Waals surface area contributed by atoms with Crippen molar-refractivity contribution in [1.82, 2.24) is 24.8 Å². The summed E-state index contributed by atoms with van der Waals surface area (Å²) in [6.45, 7) is 2.86. The summed E-state index contributed by atoms with van der Waals surface area (Å²) in [7, 11) is 0. The van der Waals surface area contributed by atoms with Crippen molar-refractivity contribution in [3.63, 3.8) is 0 Å². The van der Waals surface area contributed by atoms with Crippen molar-refractivity contribution in [2.24, 2.45) is 5.92 Å². The first-order chi connectivity index (χ1) is 17.9. The average molecular weight is 497 g/mol. The smallest absolute Gasteiger partial charge is 0.253 e. The van der Waals surface area contributed by atoms with Crippen molar-refractivity contribution in [3.8, 4) is 11.3 Å². The predicted octanol–water partition coefficient (Wildman–Crippen LogP) is 4.87. The lowest BCUT2D eigenvalue weighted by Crippen LogP contribution is -2.40. The number of fused-ring (bicyclic) bond motifs is 2. The van der Waals surface area contributed by atoms with Crippen LogP contribution in [-0.2, 0) is 0 Å². The number of hydrogen-bond acceptors (Lipinski definition) is 5. The highest BCUT2D eigenvalue weighted by atomic mass is 19.1. The van der Waals surface area contributed by atoms with Gasteiger partial charge in [-0.3, -0.25) is 9.59 Å². The van der Waals surface area contributed by atoms with Gasteiger partial charge in [-0.05, 0) is 68.3 Å². The number of halogens is 1. The second-order valence-electron chi connectivity index (χ2n) is 9.54. The molecule has 0 atom stereocenters. The first kappa shape index (κ1) is 22.9. The maximum absolute atomic E-state index is 13.3. The molecule has 2 aromatic carbocycles. The average Bonchev–Trinajstić information content (AvgIpc) is 3.50. The lowest BCUT2D eigenvalue weighted by atomic mass is 9.88. The molecule has 0 aliphatic carbocycles. The van der Waals surface area contributed by atoms with E-state index in [1.165, 1.54) is 24.3 Å². The molecule has 186 valence electrons. The van der Waals surface area contributed by atoms with Gasteiger partial charge in [0.15, 0.2) is 11.4 Å². The fourth-order valence-electron chi connectivity index (χ4n) is 5.11. The van der Waals surface area contributed by atoms with Gasteiger partial charge in [0.2, 0.25) is 0 Å². The van der Waals surface area contributed by atoms with Crippen LogP contribution in [0.15, 0.2) is 54.6 Å². The molecule has 1 fully saturated rings. The SMILES string of the molecule is Cc1nc2c(-c3cc4ccc(C(=O)N5CCC(C(=O)c6ccc(F)cc6)CC5)cc4[nH]3)cc(N)nc2[nH]1. The summed E-state index contributed by atoms with van der Waals surface area (Å²) in [4.78, 5) is 43.2. The number of anilines is 1. The van der Waals surface area contributed by atoms with E-state index in [9.17, 15) is 14.0 Å². The van der Waals surface area contributed by atoms with Crippen LogP contribution in [0.3, 0.4) is 0 Å². The summed E-state index contributed by atoms with van der Waals surface area (Å²) in [6, 6.07) is 15.0. The van der Waals surface area contributed by atoms with Gasteiger partial charge in [0.1, 0.15) is 23.0 Å². The normalized spacial score (nSPS) is 14.5. The number of nitrogens with two attached hydrogens (primary N) is 1. The number of Topliss-reactive ketones (excluding diaryl/α,β-unsaturated/α-hetero) is 1. The Bertz CT molecular complexity index is 1660. The third-order valence-electron chi connectivity index (χ3n) is 7.03. The van der Waals surface area contributed by atoms with Gasteiger partial charge in [-0.1, -0.05) is 6.07 Å². The van der Waals surface area contributed by atoms with Gasteiger partial charge >= 0.3 is 0 Å². The minimum Gasteiger partial charge on any atom is -0.384 e. The zero-order valence-corrected chi connectivity index (χ0v) is 20.2. The number of ketones is 1. The molecule has 0 spiro atoms. The number of H-pyrrole nitrogens is 2. The number of imidazole rings is 1. The zero-order valence-electron chi connectivity index (χ0n) is 20.2. The van der Waals surface area contributed by atoms with E-state index in [1.54, 1.807) is 11.0 Å². The fraction of sp³-hybridized carbons (Fsp3) is 0.214. The van der Waals surface area contributed by atoms with Crippen molar-refractivity contribution in [2.75, 3.05) is 18.8 Å². The first-order valence-electron chi connectivity index (χ1n) is 12.2. The molecule has 8 nitrogen and oxygen atoms in total. The number of aromatic amines is 2. The monoisotopic (exact) mass is 496 g/mol. The maximum Gasteiger partial charge on any atom is 0.253 e. The molecule has 0 saturated carbocycles. The lowest BCUT2D eigenvalue weighted by molar-refractivity contribution is 0.0650. The molecule has 1 aliphatic rings. The van der Waals surface area contributed by atoms with E-state index in [0.29, 0.717) is 48.5 Å². The van der Waals surface area contributed by atoms with E-state index in [1.807, 2.05) is 31.2 Å². The standard InChI is InChI=1S/C28H25FN6O2/c1-15-31-25-21(14-24(30)34-27(25)32-15)23-12-18-2-3-19(13-22(18)33-23)28(37)35-10-8-17(9-11-35)26(36)16-4-6-20(29)7-5-16/h2-7,12-14,17,33H,8-11H2,1H3,(H3,30,31,32,34). The molecule has 1 saturated heterocycles. The van der Waals surface area contributed by atoms with Gasteiger partial charge in [-0.15, -0.1) is 0 Å². The fourth-order valence-corrected chi connectivity index (χ4v) is 5.11. The topological polar surface area (TPSA) is 121 Å². The Morgan fingerprint density at radius 3 is 2.46 bits per heavy atom. The van der Waals surface area contributed by atoms with Crippen molar-refractivity contribution in [2.45, 2.75) is 19.8 Å². The van der Waals surface area contributed by atoms with Crippen molar-refractivity contribution >= 4 is 39.6 Å². The third kappa shape index (κ3) is 4.22. The summed E-state index contributed by atoms with van der Waals surface area (Å²) in [5.41, 5.74) is 11.0. The Morgan fingerprint density at radius 1 is 0.973 bits per heavy atom. The minimum atomic E-state index is -0.363. The first-order valence-corrected chi connectivity index (χ1v) is 12.2. The summed E-state index contributed by atoms with van der Waals surface area (Å²) in [5.74, 6) is 0.550. The predicted molar refractivity (Wildman–Crippen MR) is 140 cm³/mol. The van der Waals surface area contributed by atoms with E-state index in [4.69, 9.17) is 5.73 Å². The number of rotatable bonds is 4. The molecule has 4 N–H and O–H groups in total. The van der Waals surface area contributed by atoms with E-state index in [-0.39, 0.29) is 23.4 Å². The maximum atomic E-state index is 13.3. The third-order valence-corrected chi connectivity index (χ3v) is 7.03. The molecular formula is C28H25FN6O2.